The fourth-order valence-electron chi connectivity index (χ4n) is 3.29. The van der Waals surface area contributed by atoms with E-state index in [9.17, 15) is 14.8 Å². The average molecular weight is 311 g/mol. The molecule has 0 bridgehead atoms. The topological polar surface area (TPSA) is 80.0 Å². The van der Waals surface area contributed by atoms with Crippen LogP contribution in [0.2, 0.25) is 0 Å². The Morgan fingerprint density at radius 3 is 2.39 bits per heavy atom. The van der Waals surface area contributed by atoms with E-state index in [-0.39, 0.29) is 16.2 Å². The summed E-state index contributed by atoms with van der Waals surface area (Å²) >= 11 is 0. The first kappa shape index (κ1) is 13.8. The molecule has 23 heavy (non-hydrogen) atoms. The van der Waals surface area contributed by atoms with Crippen molar-refractivity contribution in [2.24, 2.45) is 0 Å². The van der Waals surface area contributed by atoms with Crippen molar-refractivity contribution in [3.63, 3.8) is 0 Å². The van der Waals surface area contributed by atoms with E-state index < -0.39 is 11.8 Å². The summed E-state index contributed by atoms with van der Waals surface area (Å²) in [6, 6.07) is 5.41. The number of furan rings is 1. The third-order valence-corrected chi connectivity index (χ3v) is 4.42. The Morgan fingerprint density at radius 1 is 1.09 bits per heavy atom. The second-order valence-electron chi connectivity index (χ2n) is 5.59. The Bertz CT molecular complexity index is 1030. The van der Waals surface area contributed by atoms with Gasteiger partial charge in [-0.2, -0.15) is 0 Å². The summed E-state index contributed by atoms with van der Waals surface area (Å²) in [5.41, 5.74) is 2.78. The lowest BCUT2D eigenvalue weighted by molar-refractivity contribution is -0.0327. The zero-order chi connectivity index (χ0) is 16.5. The molecular weight excluding hydrogens is 298 g/mol. The van der Waals surface area contributed by atoms with Crippen LogP contribution in [0.1, 0.15) is 31.8 Å². The second kappa shape index (κ2) is 4.33. The van der Waals surface area contributed by atoms with Crippen LogP contribution in [-0.4, -0.2) is 29.2 Å². The highest BCUT2D eigenvalue weighted by atomic mass is 16.5. The minimum Gasteiger partial charge on any atom is -0.497 e. The highest BCUT2D eigenvalue weighted by Crippen LogP contribution is 2.40. The molecular formula is C17H13NO5. The molecule has 0 fully saturated rings. The van der Waals surface area contributed by atoms with Crippen LogP contribution in [0.15, 0.2) is 22.6 Å². The molecule has 0 spiro atoms. The van der Waals surface area contributed by atoms with E-state index in [4.69, 9.17) is 9.15 Å². The van der Waals surface area contributed by atoms with Crippen LogP contribution in [0.4, 0.5) is 0 Å². The predicted molar refractivity (Wildman–Crippen MR) is 82.0 cm³/mol. The smallest absolute Gasteiger partial charge is 0.286 e. The molecule has 3 aromatic rings. The molecule has 0 aliphatic carbocycles. The van der Waals surface area contributed by atoms with E-state index in [2.05, 4.69) is 0 Å². The molecule has 0 radical (unpaired) electrons. The lowest BCUT2D eigenvalue weighted by Gasteiger charge is -2.06. The van der Waals surface area contributed by atoms with Crippen molar-refractivity contribution in [1.82, 2.24) is 5.06 Å². The number of ether oxygens (including phenoxy) is 1. The molecule has 0 atom stereocenters. The van der Waals surface area contributed by atoms with Crippen molar-refractivity contribution in [1.29, 1.82) is 0 Å². The number of methoxy groups -OCH3 is 1. The van der Waals surface area contributed by atoms with Gasteiger partial charge < -0.3 is 9.15 Å². The van der Waals surface area contributed by atoms with Crippen molar-refractivity contribution in [2.45, 2.75) is 13.8 Å². The van der Waals surface area contributed by atoms with Gasteiger partial charge in [0, 0.05) is 16.3 Å². The summed E-state index contributed by atoms with van der Waals surface area (Å²) in [6.45, 7) is 3.46. The molecule has 116 valence electrons. The molecule has 1 N–H and O–H groups in total. The zero-order valence-electron chi connectivity index (χ0n) is 12.8. The van der Waals surface area contributed by atoms with Crippen molar-refractivity contribution >= 4 is 33.8 Å². The number of amides is 2. The number of nitrogens with zero attached hydrogens (tertiary/aromatic N) is 1. The van der Waals surface area contributed by atoms with Crippen LogP contribution >= 0.6 is 0 Å². The molecule has 2 aromatic carbocycles. The Hall–Kier alpha value is -2.86. The first-order valence-electron chi connectivity index (χ1n) is 7.06. The van der Waals surface area contributed by atoms with Crippen LogP contribution in [-0.2, 0) is 0 Å². The average Bonchev–Trinajstić information content (AvgIpc) is 3.04. The Morgan fingerprint density at radius 2 is 1.74 bits per heavy atom. The summed E-state index contributed by atoms with van der Waals surface area (Å²) in [5.74, 6) is -0.751. The maximum atomic E-state index is 12.2. The summed E-state index contributed by atoms with van der Waals surface area (Å²) in [7, 11) is 1.57. The number of hydrogen-bond acceptors (Lipinski definition) is 5. The van der Waals surface area contributed by atoms with E-state index in [1.807, 2.05) is 6.07 Å². The van der Waals surface area contributed by atoms with Gasteiger partial charge in [-0.3, -0.25) is 14.8 Å². The van der Waals surface area contributed by atoms with Crippen LogP contribution in [0, 0.1) is 13.8 Å². The Labute approximate surface area is 130 Å². The number of aryl methyl sites for hydroxylation is 2. The predicted octanol–water partition coefficient (Wildman–Crippen LogP) is 3.20. The van der Waals surface area contributed by atoms with Gasteiger partial charge in [0.25, 0.3) is 11.8 Å². The first-order valence-corrected chi connectivity index (χ1v) is 7.06. The van der Waals surface area contributed by atoms with Gasteiger partial charge in [0.15, 0.2) is 0 Å². The van der Waals surface area contributed by atoms with Gasteiger partial charge in [-0.05, 0) is 37.6 Å². The van der Waals surface area contributed by atoms with Gasteiger partial charge >= 0.3 is 0 Å². The zero-order valence-corrected chi connectivity index (χ0v) is 12.8. The number of hydrogen-bond donors (Lipinski definition) is 1. The van der Waals surface area contributed by atoms with E-state index in [0.717, 1.165) is 10.8 Å². The van der Waals surface area contributed by atoms with Gasteiger partial charge in [-0.15, -0.1) is 5.06 Å². The van der Waals surface area contributed by atoms with Crippen molar-refractivity contribution in [2.75, 3.05) is 7.11 Å². The largest absolute Gasteiger partial charge is 0.497 e. The van der Waals surface area contributed by atoms with Gasteiger partial charge in [0.1, 0.15) is 16.9 Å². The fraction of sp³-hybridized carbons (Fsp3) is 0.176. The van der Waals surface area contributed by atoms with Crippen molar-refractivity contribution in [3.05, 3.63) is 40.5 Å². The standard InChI is InChI=1S/C17H13NO5/c1-7-12-10-6-9(22-3)4-5-11(10)23-15(12)8(2)14-13(7)16(19)18(21)17(14)20/h4-6,21H,1-3H3. The van der Waals surface area contributed by atoms with Crippen LogP contribution in [0.25, 0.3) is 21.9 Å². The first-order chi connectivity index (χ1) is 11.0. The minimum atomic E-state index is -0.717. The summed E-state index contributed by atoms with van der Waals surface area (Å²) < 4.78 is 11.1. The summed E-state index contributed by atoms with van der Waals surface area (Å²) in [4.78, 5) is 24.3. The maximum absolute atomic E-state index is 12.2. The number of hydroxylamine groups is 2. The van der Waals surface area contributed by atoms with Crippen molar-refractivity contribution in [3.8, 4) is 5.75 Å². The number of carbonyl (C=O) groups excluding carboxylic acids is 2. The van der Waals surface area contributed by atoms with Gasteiger partial charge in [-0.1, -0.05) is 0 Å². The SMILES string of the molecule is COc1ccc2oc3c(C)c4c(c(C)c3c2c1)C(=O)N(O)C4=O. The van der Waals surface area contributed by atoms with E-state index in [1.165, 1.54) is 0 Å². The number of carbonyl (C=O) groups is 2. The van der Waals surface area contributed by atoms with Crippen LogP contribution in [0.5, 0.6) is 5.75 Å². The monoisotopic (exact) mass is 311 g/mol. The number of imide groups is 1. The van der Waals surface area contributed by atoms with E-state index in [0.29, 0.717) is 28.0 Å². The Balaban J connectivity index is 2.22. The third-order valence-electron chi connectivity index (χ3n) is 4.42. The van der Waals surface area contributed by atoms with Gasteiger partial charge in [-0.25, -0.2) is 0 Å². The minimum absolute atomic E-state index is 0.159. The molecule has 4 rings (SSSR count). The lowest BCUT2D eigenvalue weighted by atomic mass is 9.94. The number of fused-ring (bicyclic) bond motifs is 4. The number of benzene rings is 2. The molecule has 6 nitrogen and oxygen atoms in total. The molecule has 1 aliphatic rings. The molecule has 2 amide bonds. The number of rotatable bonds is 1. The van der Waals surface area contributed by atoms with Crippen molar-refractivity contribution < 1.29 is 24.0 Å². The molecule has 2 heterocycles. The van der Waals surface area contributed by atoms with Crippen LogP contribution < -0.4 is 4.74 Å². The summed E-state index contributed by atoms with van der Waals surface area (Å²) in [6.07, 6.45) is 0. The highest BCUT2D eigenvalue weighted by molar-refractivity contribution is 6.25. The fourth-order valence-corrected chi connectivity index (χ4v) is 3.29. The van der Waals surface area contributed by atoms with Gasteiger partial charge in [0.2, 0.25) is 0 Å². The van der Waals surface area contributed by atoms with E-state index in [1.54, 1.807) is 33.1 Å². The van der Waals surface area contributed by atoms with Crippen LogP contribution in [0.3, 0.4) is 0 Å². The maximum Gasteiger partial charge on any atom is 0.286 e. The molecule has 0 saturated carbocycles. The quantitative estimate of drug-likeness (QED) is 0.551. The molecule has 6 heteroatoms. The van der Waals surface area contributed by atoms with E-state index >= 15 is 0 Å². The normalized spacial score (nSPS) is 14.2. The third kappa shape index (κ3) is 1.55. The van der Waals surface area contributed by atoms with Gasteiger partial charge in [0.05, 0.1) is 18.2 Å². The molecule has 0 saturated heterocycles. The Kier molecular flexibility index (Phi) is 2.59. The molecule has 1 aromatic heterocycles. The summed E-state index contributed by atoms with van der Waals surface area (Å²) in [5, 5.41) is 11.4. The highest BCUT2D eigenvalue weighted by Gasteiger charge is 2.39. The molecule has 1 aliphatic heterocycles. The lowest BCUT2D eigenvalue weighted by Crippen LogP contribution is -2.25. The second-order valence-corrected chi connectivity index (χ2v) is 5.59. The molecule has 0 unspecified atom stereocenters.